The Hall–Kier alpha value is -3.52. The SMILES string of the molecule is CCCc1ccc(-c2cc(-c3ccc(OC)c(OC)c3)c(C#N)c(N)n2)cc1. The molecule has 1 aromatic heterocycles. The normalized spacial score (nSPS) is 10.4. The minimum absolute atomic E-state index is 0.211. The van der Waals surface area contributed by atoms with E-state index in [1.165, 1.54) is 5.56 Å². The lowest BCUT2D eigenvalue weighted by molar-refractivity contribution is 0.355. The van der Waals surface area contributed by atoms with E-state index in [1.807, 2.05) is 36.4 Å². The maximum absolute atomic E-state index is 9.62. The standard InChI is InChI=1S/C23H23N3O2/c1-4-5-15-6-8-16(9-7-15)20-13-18(19(14-24)23(25)26-20)17-10-11-21(27-2)22(12-17)28-3/h6-13H,4-5H2,1-3H3,(H2,25,26). The third-order valence-corrected chi connectivity index (χ3v) is 4.64. The quantitative estimate of drug-likeness (QED) is 0.669. The third-order valence-electron chi connectivity index (χ3n) is 4.64. The molecule has 0 radical (unpaired) electrons. The van der Waals surface area contributed by atoms with Crippen molar-refractivity contribution in [3.8, 4) is 40.0 Å². The number of anilines is 1. The van der Waals surface area contributed by atoms with Crippen molar-refractivity contribution in [2.75, 3.05) is 20.0 Å². The summed E-state index contributed by atoms with van der Waals surface area (Å²) in [4.78, 5) is 4.45. The van der Waals surface area contributed by atoms with Crippen LogP contribution in [-0.4, -0.2) is 19.2 Å². The van der Waals surface area contributed by atoms with Crippen molar-refractivity contribution in [2.24, 2.45) is 0 Å². The van der Waals surface area contributed by atoms with Crippen LogP contribution in [0.3, 0.4) is 0 Å². The summed E-state index contributed by atoms with van der Waals surface area (Å²) in [5.74, 6) is 1.42. The van der Waals surface area contributed by atoms with Crippen LogP contribution in [0.4, 0.5) is 5.82 Å². The first-order valence-corrected chi connectivity index (χ1v) is 9.13. The maximum atomic E-state index is 9.62. The molecular weight excluding hydrogens is 350 g/mol. The second-order valence-electron chi connectivity index (χ2n) is 6.44. The van der Waals surface area contributed by atoms with E-state index < -0.39 is 0 Å². The van der Waals surface area contributed by atoms with Crippen LogP contribution in [0.25, 0.3) is 22.4 Å². The molecular formula is C23H23N3O2. The molecule has 5 heteroatoms. The van der Waals surface area contributed by atoms with E-state index in [2.05, 4.69) is 30.1 Å². The summed E-state index contributed by atoms with van der Waals surface area (Å²) >= 11 is 0. The van der Waals surface area contributed by atoms with Crippen molar-refractivity contribution in [1.29, 1.82) is 5.26 Å². The van der Waals surface area contributed by atoms with Gasteiger partial charge >= 0.3 is 0 Å². The largest absolute Gasteiger partial charge is 0.493 e. The number of methoxy groups -OCH3 is 2. The number of hydrogen-bond acceptors (Lipinski definition) is 5. The number of pyridine rings is 1. The van der Waals surface area contributed by atoms with Gasteiger partial charge in [0.1, 0.15) is 17.5 Å². The van der Waals surface area contributed by atoms with E-state index in [1.54, 1.807) is 14.2 Å². The van der Waals surface area contributed by atoms with Crippen molar-refractivity contribution in [3.05, 3.63) is 59.7 Å². The first kappa shape index (κ1) is 19.2. The Morgan fingerprint density at radius 3 is 2.25 bits per heavy atom. The Balaban J connectivity index is 2.12. The summed E-state index contributed by atoms with van der Waals surface area (Å²) in [6, 6.07) is 17.9. The molecule has 2 N–H and O–H groups in total. The molecule has 142 valence electrons. The van der Waals surface area contributed by atoms with E-state index in [9.17, 15) is 5.26 Å². The third kappa shape index (κ3) is 3.77. The Bertz CT molecular complexity index is 1020. The molecule has 0 spiro atoms. The fraction of sp³-hybridized carbons (Fsp3) is 0.217. The van der Waals surface area contributed by atoms with Gasteiger partial charge in [-0.3, -0.25) is 0 Å². The van der Waals surface area contributed by atoms with Gasteiger partial charge in [-0.15, -0.1) is 0 Å². The zero-order chi connectivity index (χ0) is 20.1. The van der Waals surface area contributed by atoms with Crippen molar-refractivity contribution < 1.29 is 9.47 Å². The minimum Gasteiger partial charge on any atom is -0.493 e. The average Bonchev–Trinajstić information content (AvgIpc) is 2.73. The maximum Gasteiger partial charge on any atom is 0.161 e. The molecule has 0 atom stereocenters. The number of nitrogens with zero attached hydrogens (tertiary/aromatic N) is 2. The number of nitriles is 1. The highest BCUT2D eigenvalue weighted by Gasteiger charge is 2.15. The predicted octanol–water partition coefficient (Wildman–Crippen LogP) is 4.84. The molecule has 0 bridgehead atoms. The molecule has 2 aromatic carbocycles. The lowest BCUT2D eigenvalue weighted by Gasteiger charge is -2.13. The number of hydrogen-bond donors (Lipinski definition) is 1. The van der Waals surface area contributed by atoms with E-state index in [0.29, 0.717) is 22.6 Å². The van der Waals surface area contributed by atoms with Gasteiger partial charge in [-0.1, -0.05) is 43.7 Å². The molecule has 3 aromatic rings. The van der Waals surface area contributed by atoms with Gasteiger partial charge in [0.25, 0.3) is 0 Å². The van der Waals surface area contributed by atoms with Gasteiger partial charge in [-0.2, -0.15) is 5.26 Å². The topological polar surface area (TPSA) is 81.2 Å². The molecule has 0 saturated carbocycles. The summed E-state index contributed by atoms with van der Waals surface area (Å²) in [5.41, 5.74) is 11.0. The van der Waals surface area contributed by atoms with Crippen LogP contribution < -0.4 is 15.2 Å². The summed E-state index contributed by atoms with van der Waals surface area (Å²) in [7, 11) is 3.17. The van der Waals surface area contributed by atoms with Crippen LogP contribution in [0.15, 0.2) is 48.5 Å². The van der Waals surface area contributed by atoms with E-state index in [0.717, 1.165) is 29.7 Å². The number of ether oxygens (including phenoxy) is 2. The van der Waals surface area contributed by atoms with Crippen molar-refractivity contribution >= 4 is 5.82 Å². The van der Waals surface area contributed by atoms with Gasteiger partial charge in [0.2, 0.25) is 0 Å². The number of rotatable bonds is 6. The van der Waals surface area contributed by atoms with E-state index in [-0.39, 0.29) is 5.82 Å². The summed E-state index contributed by atoms with van der Waals surface area (Å²) in [6.45, 7) is 2.16. The van der Waals surface area contributed by atoms with Crippen molar-refractivity contribution in [2.45, 2.75) is 19.8 Å². The van der Waals surface area contributed by atoms with Crippen molar-refractivity contribution in [1.82, 2.24) is 4.98 Å². The number of nitrogens with two attached hydrogens (primary N) is 1. The lowest BCUT2D eigenvalue weighted by Crippen LogP contribution is -2.00. The van der Waals surface area contributed by atoms with Gasteiger partial charge in [0, 0.05) is 11.1 Å². The zero-order valence-corrected chi connectivity index (χ0v) is 16.3. The van der Waals surface area contributed by atoms with Crippen molar-refractivity contribution in [3.63, 3.8) is 0 Å². The molecule has 1 heterocycles. The Labute approximate surface area is 165 Å². The average molecular weight is 373 g/mol. The summed E-state index contributed by atoms with van der Waals surface area (Å²) in [6.07, 6.45) is 2.14. The van der Waals surface area contributed by atoms with Gasteiger partial charge in [-0.25, -0.2) is 4.98 Å². The fourth-order valence-corrected chi connectivity index (χ4v) is 3.19. The van der Waals surface area contributed by atoms with Crippen LogP contribution in [0, 0.1) is 11.3 Å². The Kier molecular flexibility index (Phi) is 5.81. The first-order valence-electron chi connectivity index (χ1n) is 9.13. The predicted molar refractivity (Wildman–Crippen MR) is 111 cm³/mol. The van der Waals surface area contributed by atoms with Gasteiger partial charge in [0.15, 0.2) is 11.5 Å². The molecule has 3 rings (SSSR count). The lowest BCUT2D eigenvalue weighted by atomic mass is 9.97. The molecule has 0 aliphatic carbocycles. The highest BCUT2D eigenvalue weighted by Crippen LogP contribution is 2.36. The molecule has 0 aliphatic rings. The monoisotopic (exact) mass is 373 g/mol. The minimum atomic E-state index is 0.211. The number of benzene rings is 2. The van der Waals surface area contributed by atoms with Crippen LogP contribution in [0.5, 0.6) is 11.5 Å². The molecule has 5 nitrogen and oxygen atoms in total. The fourth-order valence-electron chi connectivity index (χ4n) is 3.19. The Morgan fingerprint density at radius 1 is 0.964 bits per heavy atom. The summed E-state index contributed by atoms with van der Waals surface area (Å²) < 4.78 is 10.7. The molecule has 0 aliphatic heterocycles. The number of aromatic nitrogens is 1. The molecule has 0 amide bonds. The molecule has 28 heavy (non-hydrogen) atoms. The summed E-state index contributed by atoms with van der Waals surface area (Å²) in [5, 5.41) is 9.62. The Morgan fingerprint density at radius 2 is 1.64 bits per heavy atom. The highest BCUT2D eigenvalue weighted by atomic mass is 16.5. The van der Waals surface area contributed by atoms with Crippen LogP contribution in [-0.2, 0) is 6.42 Å². The first-order chi connectivity index (χ1) is 13.6. The second kappa shape index (κ2) is 8.45. The molecule has 0 saturated heterocycles. The van der Waals surface area contributed by atoms with Gasteiger partial charge in [-0.05, 0) is 35.7 Å². The van der Waals surface area contributed by atoms with E-state index >= 15 is 0 Å². The zero-order valence-electron chi connectivity index (χ0n) is 16.3. The van der Waals surface area contributed by atoms with Crippen LogP contribution >= 0.6 is 0 Å². The van der Waals surface area contributed by atoms with Crippen LogP contribution in [0.2, 0.25) is 0 Å². The number of nitrogen functional groups attached to an aromatic ring is 1. The van der Waals surface area contributed by atoms with Crippen LogP contribution in [0.1, 0.15) is 24.5 Å². The highest BCUT2D eigenvalue weighted by molar-refractivity contribution is 5.81. The van der Waals surface area contributed by atoms with E-state index in [4.69, 9.17) is 15.2 Å². The second-order valence-corrected chi connectivity index (χ2v) is 6.44. The molecule has 0 unspecified atom stereocenters. The smallest absolute Gasteiger partial charge is 0.161 e. The number of aryl methyl sites for hydroxylation is 1. The van der Waals surface area contributed by atoms with Gasteiger partial charge in [0.05, 0.1) is 19.9 Å². The molecule has 0 fully saturated rings. The van der Waals surface area contributed by atoms with Gasteiger partial charge < -0.3 is 15.2 Å².